The van der Waals surface area contributed by atoms with Crippen LogP contribution in [0.2, 0.25) is 0 Å². The number of aliphatic hydroxyl groups excluding tert-OH is 1. The Kier molecular flexibility index (Phi) is 3.25. The van der Waals surface area contributed by atoms with Crippen LogP contribution < -0.4 is 10.6 Å². The topological polar surface area (TPSA) is 78.7 Å². The summed E-state index contributed by atoms with van der Waals surface area (Å²) in [5.74, 6) is -0.223. The Balaban J connectivity index is 1.52. The molecule has 130 valence electrons. The second kappa shape index (κ2) is 5.62. The van der Waals surface area contributed by atoms with Gasteiger partial charge in [-0.25, -0.2) is 4.98 Å². The smallest absolute Gasteiger partial charge is 0.261 e. The number of benzene rings is 1. The molecule has 0 unspecified atom stereocenters. The molecule has 3 heterocycles. The molecule has 3 N–H and O–H groups in total. The molecule has 2 aliphatic rings. The third kappa shape index (κ3) is 2.26. The number of carbonyl (C=O) groups is 1. The first-order valence-electron chi connectivity index (χ1n) is 8.77. The maximum Gasteiger partial charge on any atom is 0.261 e. The molecule has 0 spiro atoms. The van der Waals surface area contributed by atoms with Crippen molar-refractivity contribution in [3.63, 3.8) is 0 Å². The summed E-state index contributed by atoms with van der Waals surface area (Å²) in [4.78, 5) is 17.5. The fourth-order valence-corrected chi connectivity index (χ4v) is 3.80. The van der Waals surface area contributed by atoms with E-state index in [4.69, 9.17) is 0 Å². The van der Waals surface area contributed by atoms with Crippen molar-refractivity contribution < 1.29 is 9.90 Å². The molecular weight excluding hydrogens is 328 g/mol. The van der Waals surface area contributed by atoms with Gasteiger partial charge in [0.05, 0.1) is 5.69 Å². The van der Waals surface area contributed by atoms with Gasteiger partial charge in [0.25, 0.3) is 5.91 Å². The zero-order valence-corrected chi connectivity index (χ0v) is 14.1. The molecule has 6 heteroatoms. The first-order chi connectivity index (χ1) is 12.7. The third-order valence-corrected chi connectivity index (χ3v) is 5.05. The number of hydrogen-bond acceptors (Lipinski definition) is 4. The fourth-order valence-electron chi connectivity index (χ4n) is 3.80. The highest BCUT2D eigenvalue weighted by Crippen LogP contribution is 2.32. The van der Waals surface area contributed by atoms with Gasteiger partial charge < -0.3 is 20.1 Å². The van der Waals surface area contributed by atoms with Gasteiger partial charge in [-0.2, -0.15) is 0 Å². The Hall–Kier alpha value is -3.28. The van der Waals surface area contributed by atoms with Gasteiger partial charge in [0.1, 0.15) is 22.7 Å². The molecule has 0 saturated heterocycles. The van der Waals surface area contributed by atoms with Crippen molar-refractivity contribution in [2.75, 3.05) is 17.2 Å². The van der Waals surface area contributed by atoms with E-state index >= 15 is 0 Å². The van der Waals surface area contributed by atoms with Crippen LogP contribution in [0.1, 0.15) is 23.4 Å². The molecule has 5 rings (SSSR count). The van der Waals surface area contributed by atoms with Gasteiger partial charge in [0.2, 0.25) is 0 Å². The second-order valence-electron chi connectivity index (χ2n) is 6.66. The van der Waals surface area contributed by atoms with Gasteiger partial charge in [-0.1, -0.05) is 6.07 Å². The number of rotatable bonds is 2. The fraction of sp³-hybridized carbons (Fsp3) is 0.200. The average Bonchev–Trinajstić information content (AvgIpc) is 3.24. The molecule has 0 radical (unpaired) electrons. The molecular formula is C20H18N4O2. The lowest BCUT2D eigenvalue weighted by Gasteiger charge is -2.16. The highest BCUT2D eigenvalue weighted by molar-refractivity contribution is 6.26. The van der Waals surface area contributed by atoms with Gasteiger partial charge in [-0.15, -0.1) is 0 Å². The summed E-state index contributed by atoms with van der Waals surface area (Å²) in [5, 5.41) is 16.6. The summed E-state index contributed by atoms with van der Waals surface area (Å²) in [6.45, 7) is 0.920. The Morgan fingerprint density at radius 3 is 3.04 bits per heavy atom. The predicted molar refractivity (Wildman–Crippen MR) is 100 cm³/mol. The number of allylic oxidation sites excluding steroid dienone is 1. The number of anilines is 2. The predicted octanol–water partition coefficient (Wildman–Crippen LogP) is 3.16. The van der Waals surface area contributed by atoms with E-state index in [9.17, 15) is 9.90 Å². The van der Waals surface area contributed by atoms with Gasteiger partial charge in [-0.05, 0) is 48.7 Å². The third-order valence-electron chi connectivity index (χ3n) is 5.05. The number of carbonyl (C=O) groups excluding carboxylic acids is 1. The van der Waals surface area contributed by atoms with E-state index in [0.717, 1.165) is 35.7 Å². The van der Waals surface area contributed by atoms with Crippen LogP contribution in [0, 0.1) is 0 Å². The molecule has 26 heavy (non-hydrogen) atoms. The molecule has 0 atom stereocenters. The number of nitrogens with zero attached hydrogens (tertiary/aromatic N) is 2. The number of amides is 1. The Bertz CT molecular complexity index is 1080. The van der Waals surface area contributed by atoms with Crippen molar-refractivity contribution >= 4 is 28.5 Å². The minimum Gasteiger partial charge on any atom is -0.511 e. The van der Waals surface area contributed by atoms with Crippen molar-refractivity contribution in [3.8, 4) is 0 Å². The van der Waals surface area contributed by atoms with E-state index < -0.39 is 0 Å². The number of pyridine rings is 1. The normalized spacial score (nSPS) is 15.5. The van der Waals surface area contributed by atoms with Crippen molar-refractivity contribution in [3.05, 3.63) is 65.3 Å². The molecule has 1 aromatic carbocycles. The molecule has 3 aromatic rings. The molecule has 0 fully saturated rings. The van der Waals surface area contributed by atoms with Crippen LogP contribution in [0.15, 0.2) is 48.4 Å². The maximum absolute atomic E-state index is 12.9. The summed E-state index contributed by atoms with van der Waals surface area (Å²) in [5.41, 5.74) is 5.62. The van der Waals surface area contributed by atoms with E-state index in [1.807, 2.05) is 47.0 Å². The van der Waals surface area contributed by atoms with Crippen LogP contribution in [0.25, 0.3) is 11.2 Å². The number of nitrogens with one attached hydrogen (secondary N) is 2. The van der Waals surface area contributed by atoms with Crippen molar-refractivity contribution in [2.45, 2.75) is 19.3 Å². The van der Waals surface area contributed by atoms with Gasteiger partial charge in [0, 0.05) is 30.5 Å². The minimum atomic E-state index is -0.322. The van der Waals surface area contributed by atoms with Crippen LogP contribution >= 0.6 is 0 Å². The molecule has 1 aliphatic carbocycles. The van der Waals surface area contributed by atoms with Crippen molar-refractivity contribution in [2.24, 2.45) is 0 Å². The molecule has 6 nitrogen and oxygen atoms in total. The van der Waals surface area contributed by atoms with Crippen LogP contribution in [0.4, 0.5) is 11.4 Å². The summed E-state index contributed by atoms with van der Waals surface area (Å²) < 4.78 is 1.98. The van der Waals surface area contributed by atoms with Crippen LogP contribution in [0.5, 0.6) is 0 Å². The van der Waals surface area contributed by atoms with Crippen molar-refractivity contribution in [1.29, 1.82) is 0 Å². The molecule has 0 bridgehead atoms. The number of aliphatic hydroxyl groups is 1. The second-order valence-corrected chi connectivity index (χ2v) is 6.66. The maximum atomic E-state index is 12.9. The number of hydrogen-bond donors (Lipinski definition) is 3. The quantitative estimate of drug-likeness (QED) is 0.666. The highest BCUT2D eigenvalue weighted by atomic mass is 16.3. The lowest BCUT2D eigenvalue weighted by atomic mass is 9.97. The lowest BCUT2D eigenvalue weighted by Crippen LogP contribution is -2.19. The zero-order chi connectivity index (χ0) is 17.7. The minimum absolute atomic E-state index is 0.0984. The van der Waals surface area contributed by atoms with Crippen LogP contribution in [-0.2, 0) is 17.6 Å². The average molecular weight is 346 g/mol. The molecule has 1 aliphatic heterocycles. The van der Waals surface area contributed by atoms with Gasteiger partial charge in [-0.3, -0.25) is 4.79 Å². The first-order valence-corrected chi connectivity index (χ1v) is 8.77. The number of aryl methyl sites for hydroxylation is 1. The monoisotopic (exact) mass is 346 g/mol. The summed E-state index contributed by atoms with van der Waals surface area (Å²) >= 11 is 0. The van der Waals surface area contributed by atoms with Gasteiger partial charge >= 0.3 is 0 Å². The zero-order valence-electron chi connectivity index (χ0n) is 14.1. The summed E-state index contributed by atoms with van der Waals surface area (Å²) in [6, 6.07) is 11.6. The highest BCUT2D eigenvalue weighted by Gasteiger charge is 2.29. The lowest BCUT2D eigenvalue weighted by molar-refractivity contribution is -0.111. The molecule has 1 amide bonds. The standard InChI is InChI=1S/C20H18N4O2/c25-16-7-6-15-19(23-17-3-1-2-10-24(15)17)18(16)20(26)22-13-4-5-14-12(11-13)8-9-21-14/h1-5,10-11,21,25H,6-9H2,(H,22,26). The Morgan fingerprint density at radius 2 is 2.12 bits per heavy atom. The van der Waals surface area contributed by atoms with E-state index in [1.54, 1.807) is 0 Å². The Morgan fingerprint density at radius 1 is 1.19 bits per heavy atom. The summed E-state index contributed by atoms with van der Waals surface area (Å²) in [7, 11) is 0. The molecule has 2 aromatic heterocycles. The first kappa shape index (κ1) is 15.0. The largest absolute Gasteiger partial charge is 0.511 e. The van der Waals surface area contributed by atoms with Gasteiger partial charge in [0.15, 0.2) is 0 Å². The van der Waals surface area contributed by atoms with E-state index in [1.165, 1.54) is 5.56 Å². The van der Waals surface area contributed by atoms with Crippen LogP contribution in [-0.4, -0.2) is 26.9 Å². The number of aromatic nitrogens is 2. The SMILES string of the molecule is O=C(Nc1ccc2c(c1)CCN2)C1=C(O)CCc2c1nc1ccccn21. The van der Waals surface area contributed by atoms with E-state index in [-0.39, 0.29) is 17.2 Å². The number of fused-ring (bicyclic) bond motifs is 4. The van der Waals surface area contributed by atoms with Crippen molar-refractivity contribution in [1.82, 2.24) is 9.38 Å². The molecule has 0 saturated carbocycles. The Labute approximate surface area is 150 Å². The van der Waals surface area contributed by atoms with E-state index in [2.05, 4.69) is 15.6 Å². The number of imidazole rings is 1. The summed E-state index contributed by atoms with van der Waals surface area (Å²) in [6.07, 6.45) is 3.98. The van der Waals surface area contributed by atoms with Crippen LogP contribution in [0.3, 0.4) is 0 Å². The van der Waals surface area contributed by atoms with E-state index in [0.29, 0.717) is 18.5 Å².